The highest BCUT2D eigenvalue weighted by molar-refractivity contribution is 5.97. The fraction of sp³-hybridized carbons (Fsp3) is 0.625. The molecule has 4 heterocycles. The summed E-state index contributed by atoms with van der Waals surface area (Å²) in [5, 5.41) is 6.10. The van der Waals surface area contributed by atoms with Crippen LogP contribution in [0.25, 0.3) is 0 Å². The molecule has 1 aromatic carbocycles. The normalized spacial score (nSPS) is 25.0. The Balaban J connectivity index is 1.05. The van der Waals surface area contributed by atoms with Crippen molar-refractivity contribution in [2.24, 2.45) is 11.3 Å². The van der Waals surface area contributed by atoms with Gasteiger partial charge in [0.05, 0.1) is 17.3 Å². The van der Waals surface area contributed by atoms with Crippen molar-refractivity contribution < 1.29 is 18.7 Å². The van der Waals surface area contributed by atoms with Crippen molar-refractivity contribution in [2.75, 3.05) is 50.7 Å². The maximum Gasteiger partial charge on any atom is 0.315 e. The van der Waals surface area contributed by atoms with Gasteiger partial charge in [-0.25, -0.2) is 19.2 Å². The average molecular weight is 594 g/mol. The van der Waals surface area contributed by atoms with E-state index in [0.29, 0.717) is 29.8 Å². The van der Waals surface area contributed by atoms with Gasteiger partial charge in [0.2, 0.25) is 0 Å². The molecule has 1 saturated carbocycles. The quantitative estimate of drug-likeness (QED) is 0.467. The molecule has 3 aliphatic heterocycles. The summed E-state index contributed by atoms with van der Waals surface area (Å²) in [6.07, 6.45) is 9.91. The predicted molar refractivity (Wildman–Crippen MR) is 162 cm³/mol. The second-order valence-corrected chi connectivity index (χ2v) is 13.3. The molecule has 1 aliphatic carbocycles. The van der Waals surface area contributed by atoms with Gasteiger partial charge in [0, 0.05) is 44.2 Å². The van der Waals surface area contributed by atoms with Crippen molar-refractivity contribution in [2.45, 2.75) is 70.9 Å². The summed E-state index contributed by atoms with van der Waals surface area (Å²) in [7, 11) is 0. The molecule has 0 atom stereocenters. The van der Waals surface area contributed by atoms with Crippen molar-refractivity contribution in [3.8, 4) is 11.5 Å². The molecule has 2 N–H and O–H groups in total. The molecule has 4 aliphatic rings. The molecule has 6 rings (SSSR count). The number of carbonyl (C=O) groups is 2. The van der Waals surface area contributed by atoms with Gasteiger partial charge in [0.15, 0.2) is 11.6 Å². The summed E-state index contributed by atoms with van der Waals surface area (Å²) < 4.78 is 20.5. The maximum atomic E-state index is 14.2. The van der Waals surface area contributed by atoms with E-state index in [-0.39, 0.29) is 34.5 Å². The van der Waals surface area contributed by atoms with E-state index in [1.165, 1.54) is 37.4 Å². The number of piperidine rings is 1. The Bertz CT molecular complexity index is 1330. The molecule has 1 aromatic heterocycles. The highest BCUT2D eigenvalue weighted by Crippen LogP contribution is 2.45. The van der Waals surface area contributed by atoms with Crippen LogP contribution < -0.4 is 20.3 Å². The number of hydrogen-bond acceptors (Lipinski definition) is 7. The third-order valence-electron chi connectivity index (χ3n) is 10.1. The summed E-state index contributed by atoms with van der Waals surface area (Å²) in [6.45, 7) is 12.2. The number of carbonyl (C=O) groups excluding carboxylic acids is 2. The molecule has 0 radical (unpaired) electrons. The molecule has 3 saturated heterocycles. The fourth-order valence-electron chi connectivity index (χ4n) is 7.49. The molecule has 3 amide bonds. The van der Waals surface area contributed by atoms with Crippen LogP contribution in [0.2, 0.25) is 0 Å². The van der Waals surface area contributed by atoms with Crippen molar-refractivity contribution in [1.29, 1.82) is 0 Å². The van der Waals surface area contributed by atoms with E-state index in [1.54, 1.807) is 11.1 Å². The van der Waals surface area contributed by atoms with Crippen LogP contribution in [0, 0.1) is 17.2 Å². The Morgan fingerprint density at radius 2 is 1.91 bits per heavy atom. The number of likely N-dealkylation sites (tertiary alicyclic amines) is 1. The van der Waals surface area contributed by atoms with Gasteiger partial charge < -0.3 is 30.1 Å². The number of rotatable bonds is 8. The first-order valence-electron chi connectivity index (χ1n) is 15.8. The van der Waals surface area contributed by atoms with Gasteiger partial charge in [-0.05, 0) is 96.5 Å². The van der Waals surface area contributed by atoms with Crippen molar-refractivity contribution >= 4 is 17.8 Å². The van der Waals surface area contributed by atoms with Gasteiger partial charge in [0.1, 0.15) is 17.9 Å². The van der Waals surface area contributed by atoms with Gasteiger partial charge in [-0.2, -0.15) is 0 Å². The van der Waals surface area contributed by atoms with E-state index in [1.807, 2.05) is 20.8 Å². The number of ether oxygens (including phenoxy) is 1. The molecule has 43 heavy (non-hydrogen) atoms. The molecule has 2 spiro atoms. The largest absolute Gasteiger partial charge is 0.451 e. The predicted octanol–water partition coefficient (Wildman–Crippen LogP) is 4.42. The number of nitrogens with zero attached hydrogens (tertiary/aromatic N) is 5. The first-order chi connectivity index (χ1) is 20.7. The molecule has 10 nitrogen and oxygen atoms in total. The van der Waals surface area contributed by atoms with Crippen molar-refractivity contribution in [3.63, 3.8) is 0 Å². The smallest absolute Gasteiger partial charge is 0.315 e. The lowest BCUT2D eigenvalue weighted by molar-refractivity contribution is 0.0588. The number of hydrogen-bond donors (Lipinski definition) is 2. The highest BCUT2D eigenvalue weighted by atomic mass is 19.1. The van der Waals surface area contributed by atoms with E-state index in [0.717, 1.165) is 65.0 Å². The van der Waals surface area contributed by atoms with Gasteiger partial charge in [-0.1, -0.05) is 0 Å². The van der Waals surface area contributed by atoms with Crippen LogP contribution in [0.4, 0.5) is 15.0 Å². The lowest BCUT2D eigenvalue weighted by Crippen LogP contribution is -2.61. The first-order valence-corrected chi connectivity index (χ1v) is 15.8. The van der Waals surface area contributed by atoms with Crippen LogP contribution in [0.1, 0.15) is 69.7 Å². The van der Waals surface area contributed by atoms with Crippen molar-refractivity contribution in [1.82, 2.24) is 30.4 Å². The summed E-state index contributed by atoms with van der Waals surface area (Å²) in [4.78, 5) is 40.2. The lowest BCUT2D eigenvalue weighted by atomic mass is 9.71. The Labute approximate surface area is 253 Å². The number of urea groups is 1. The molecular formula is C32H44FN7O3. The minimum atomic E-state index is -0.483. The standard InChI is InChI=1S/C32H44FN7O3/c1-4-40(22(2)3)29(41)25-15-24(33)5-6-26(25)43-27-16-34-21-36-28(27)39-19-31(20-39)11-13-38(14-12-31)17-23-7-9-32(10-8-23)18-35-30(42)37-32/h5-6,15-16,21-23H,4,7-14,17-20H2,1-3H3,(H2,35,37,42). The minimum absolute atomic E-state index is 0.0176. The molecular weight excluding hydrogens is 549 g/mol. The third-order valence-corrected chi connectivity index (χ3v) is 10.1. The number of anilines is 1. The van der Waals surface area contributed by atoms with E-state index >= 15 is 0 Å². The van der Waals surface area contributed by atoms with Crippen LogP contribution in [0.5, 0.6) is 11.5 Å². The third kappa shape index (κ3) is 6.14. The summed E-state index contributed by atoms with van der Waals surface area (Å²) >= 11 is 0. The van der Waals surface area contributed by atoms with E-state index < -0.39 is 5.82 Å². The first kappa shape index (κ1) is 29.6. The zero-order valence-electron chi connectivity index (χ0n) is 25.6. The fourth-order valence-corrected chi connectivity index (χ4v) is 7.49. The van der Waals surface area contributed by atoms with Crippen LogP contribution >= 0.6 is 0 Å². The number of aromatic nitrogens is 2. The summed E-state index contributed by atoms with van der Waals surface area (Å²) in [6, 6.07) is 4.01. The Hall–Kier alpha value is -3.47. The number of benzene rings is 1. The summed E-state index contributed by atoms with van der Waals surface area (Å²) in [5.41, 5.74) is 0.442. The average Bonchev–Trinajstić information content (AvgIpc) is 3.34. The maximum absolute atomic E-state index is 14.2. The number of nitrogens with one attached hydrogen (secondary N) is 2. The number of halogens is 1. The van der Waals surface area contributed by atoms with Crippen LogP contribution in [-0.2, 0) is 0 Å². The molecule has 232 valence electrons. The van der Waals surface area contributed by atoms with E-state index in [4.69, 9.17) is 4.74 Å². The second kappa shape index (κ2) is 11.9. The van der Waals surface area contributed by atoms with Gasteiger partial charge in [-0.3, -0.25) is 4.79 Å². The molecule has 0 bridgehead atoms. The minimum Gasteiger partial charge on any atom is -0.451 e. The highest BCUT2D eigenvalue weighted by Gasteiger charge is 2.47. The van der Waals surface area contributed by atoms with Gasteiger partial charge >= 0.3 is 6.03 Å². The Morgan fingerprint density at radius 3 is 2.56 bits per heavy atom. The topological polar surface area (TPSA) is 103 Å². The SMILES string of the molecule is CCN(C(=O)c1cc(F)ccc1Oc1cncnc1N1CC2(CCN(CC3CCC4(CC3)CNC(=O)N4)CC2)C1)C(C)C. The van der Waals surface area contributed by atoms with E-state index in [2.05, 4.69) is 30.4 Å². The number of amides is 3. The van der Waals surface area contributed by atoms with Gasteiger partial charge in [-0.15, -0.1) is 0 Å². The Kier molecular flexibility index (Phi) is 8.19. The molecule has 0 unspecified atom stereocenters. The van der Waals surface area contributed by atoms with Crippen LogP contribution in [-0.4, -0.2) is 89.1 Å². The molecule has 4 fully saturated rings. The molecule has 2 aromatic rings. The zero-order chi connectivity index (χ0) is 30.2. The van der Waals surface area contributed by atoms with E-state index in [9.17, 15) is 14.0 Å². The summed E-state index contributed by atoms with van der Waals surface area (Å²) in [5.74, 6) is 1.41. The van der Waals surface area contributed by atoms with Crippen LogP contribution in [0.3, 0.4) is 0 Å². The van der Waals surface area contributed by atoms with Crippen molar-refractivity contribution in [3.05, 3.63) is 42.1 Å². The monoisotopic (exact) mass is 593 g/mol. The lowest BCUT2D eigenvalue weighted by Gasteiger charge is -2.55. The second-order valence-electron chi connectivity index (χ2n) is 13.3. The van der Waals surface area contributed by atoms with Crippen LogP contribution in [0.15, 0.2) is 30.7 Å². The Morgan fingerprint density at radius 1 is 1.16 bits per heavy atom. The molecule has 11 heteroatoms. The van der Waals surface area contributed by atoms with Gasteiger partial charge in [0.25, 0.3) is 5.91 Å². The zero-order valence-corrected chi connectivity index (χ0v) is 25.6.